The minimum Gasteiger partial charge on any atom is -0.378 e. The van der Waals surface area contributed by atoms with Gasteiger partial charge in [0, 0.05) is 30.9 Å². The van der Waals surface area contributed by atoms with E-state index in [9.17, 15) is 4.79 Å². The van der Waals surface area contributed by atoms with Gasteiger partial charge in [-0.25, -0.2) is 4.98 Å². The fourth-order valence-corrected chi connectivity index (χ4v) is 2.00. The van der Waals surface area contributed by atoms with Gasteiger partial charge in [-0.2, -0.15) is 4.99 Å². The zero-order chi connectivity index (χ0) is 15.2. The third kappa shape index (κ3) is 4.44. The highest BCUT2D eigenvalue weighted by Gasteiger charge is 2.14. The van der Waals surface area contributed by atoms with Crippen molar-refractivity contribution in [3.05, 3.63) is 28.9 Å². The van der Waals surface area contributed by atoms with Crippen molar-refractivity contribution < 1.29 is 9.53 Å². The zero-order valence-corrected chi connectivity index (χ0v) is 12.1. The molecule has 8 heteroatoms. The molecule has 0 spiro atoms. The van der Waals surface area contributed by atoms with Crippen LogP contribution in [-0.4, -0.2) is 48.1 Å². The van der Waals surface area contributed by atoms with Crippen molar-refractivity contribution in [1.29, 1.82) is 0 Å². The van der Waals surface area contributed by atoms with Crippen LogP contribution in [0.2, 0.25) is 5.02 Å². The smallest absolute Gasteiger partial charge is 0.246 e. The number of nitrogens with zero attached hydrogens (tertiary/aromatic N) is 3. The molecule has 0 atom stereocenters. The summed E-state index contributed by atoms with van der Waals surface area (Å²) in [5.41, 5.74) is 11.3. The van der Waals surface area contributed by atoms with E-state index >= 15 is 0 Å². The van der Waals surface area contributed by atoms with Crippen molar-refractivity contribution in [2.24, 2.45) is 16.5 Å². The molecule has 0 unspecified atom stereocenters. The molecule has 1 aromatic heterocycles. The summed E-state index contributed by atoms with van der Waals surface area (Å²) in [7, 11) is 0. The lowest BCUT2D eigenvalue weighted by atomic mass is 10.2. The van der Waals surface area contributed by atoms with Gasteiger partial charge in [0.1, 0.15) is 0 Å². The molecule has 1 saturated heterocycles. The number of aliphatic imine (C=N–C) groups is 1. The second-order valence-electron chi connectivity index (χ2n) is 4.37. The molecule has 2 heterocycles. The molecular formula is C13H16ClN5O2. The maximum atomic E-state index is 12.0. The highest BCUT2D eigenvalue weighted by atomic mass is 35.5. The molecule has 1 aliphatic heterocycles. The Bertz CT molecular complexity index is 578. The molecule has 1 aliphatic rings. The third-order valence-corrected chi connectivity index (χ3v) is 3.03. The standard InChI is InChI=1S/C13H16ClN5O2/c14-10-7-9(12(17-8-10)18-13(15)16)1-2-11(20)19-3-5-21-6-4-19/h1-2,7-8H,3-6H2,(H4,15,16,17,18)/b2-1+. The molecule has 0 aromatic carbocycles. The van der Waals surface area contributed by atoms with Crippen LogP contribution in [0.4, 0.5) is 5.82 Å². The first kappa shape index (κ1) is 15.3. The molecule has 0 radical (unpaired) electrons. The number of aromatic nitrogens is 1. The summed E-state index contributed by atoms with van der Waals surface area (Å²) in [6.45, 7) is 2.27. The fourth-order valence-electron chi connectivity index (χ4n) is 1.84. The molecule has 1 aromatic rings. The maximum Gasteiger partial charge on any atom is 0.246 e. The lowest BCUT2D eigenvalue weighted by molar-refractivity contribution is -0.129. The molecule has 112 valence electrons. The number of amides is 1. The predicted octanol–water partition coefficient (Wildman–Crippen LogP) is 0.512. The lowest BCUT2D eigenvalue weighted by Crippen LogP contribution is -2.39. The predicted molar refractivity (Wildman–Crippen MR) is 81.1 cm³/mol. The van der Waals surface area contributed by atoms with Gasteiger partial charge < -0.3 is 21.1 Å². The number of rotatable bonds is 3. The summed E-state index contributed by atoms with van der Waals surface area (Å²) in [5.74, 6) is 0.0957. The molecule has 0 saturated carbocycles. The van der Waals surface area contributed by atoms with E-state index < -0.39 is 0 Å². The van der Waals surface area contributed by atoms with Crippen molar-refractivity contribution in [3.8, 4) is 0 Å². The molecule has 0 aliphatic carbocycles. The quantitative estimate of drug-likeness (QED) is 0.480. The van der Waals surface area contributed by atoms with E-state index in [4.69, 9.17) is 27.8 Å². The number of morpholine rings is 1. The monoisotopic (exact) mass is 309 g/mol. The highest BCUT2D eigenvalue weighted by molar-refractivity contribution is 6.30. The second-order valence-corrected chi connectivity index (χ2v) is 4.81. The van der Waals surface area contributed by atoms with Crippen LogP contribution in [0.3, 0.4) is 0 Å². The minimum absolute atomic E-state index is 0.103. The number of carbonyl (C=O) groups excluding carboxylic acids is 1. The van der Waals surface area contributed by atoms with Gasteiger partial charge >= 0.3 is 0 Å². The summed E-state index contributed by atoms with van der Waals surface area (Å²) >= 11 is 5.90. The first-order valence-electron chi connectivity index (χ1n) is 6.36. The molecule has 1 fully saturated rings. The maximum absolute atomic E-state index is 12.0. The van der Waals surface area contributed by atoms with E-state index in [1.54, 1.807) is 17.0 Å². The van der Waals surface area contributed by atoms with Crippen LogP contribution < -0.4 is 11.5 Å². The van der Waals surface area contributed by atoms with Crippen molar-refractivity contribution in [2.45, 2.75) is 0 Å². The summed E-state index contributed by atoms with van der Waals surface area (Å²) in [6.07, 6.45) is 4.48. The Morgan fingerprint density at radius 1 is 1.43 bits per heavy atom. The SMILES string of the molecule is NC(N)=Nc1ncc(Cl)cc1/C=C/C(=O)N1CCOCC1. The first-order chi connectivity index (χ1) is 10.1. The molecule has 1 amide bonds. The van der Waals surface area contributed by atoms with E-state index in [0.29, 0.717) is 42.7 Å². The van der Waals surface area contributed by atoms with Crippen LogP contribution in [-0.2, 0) is 9.53 Å². The number of hydrogen-bond acceptors (Lipinski definition) is 4. The van der Waals surface area contributed by atoms with Crippen LogP contribution in [0.15, 0.2) is 23.3 Å². The van der Waals surface area contributed by atoms with E-state index in [-0.39, 0.29) is 11.9 Å². The number of hydrogen-bond donors (Lipinski definition) is 2. The molecular weight excluding hydrogens is 294 g/mol. The fraction of sp³-hybridized carbons (Fsp3) is 0.308. The highest BCUT2D eigenvalue weighted by Crippen LogP contribution is 2.21. The van der Waals surface area contributed by atoms with Gasteiger partial charge in [0.15, 0.2) is 11.8 Å². The Labute approximate surface area is 127 Å². The number of guanidine groups is 1. The Balaban J connectivity index is 2.17. The van der Waals surface area contributed by atoms with Gasteiger partial charge in [-0.05, 0) is 12.1 Å². The largest absolute Gasteiger partial charge is 0.378 e. The van der Waals surface area contributed by atoms with Crippen LogP contribution in [0.5, 0.6) is 0 Å². The van der Waals surface area contributed by atoms with Gasteiger partial charge in [-0.3, -0.25) is 4.79 Å². The summed E-state index contributed by atoms with van der Waals surface area (Å²) in [4.78, 5) is 21.7. The van der Waals surface area contributed by atoms with Gasteiger partial charge in [0.05, 0.1) is 18.2 Å². The van der Waals surface area contributed by atoms with E-state index in [1.165, 1.54) is 12.3 Å². The number of carbonyl (C=O) groups is 1. The number of pyridine rings is 1. The zero-order valence-electron chi connectivity index (χ0n) is 11.3. The topological polar surface area (TPSA) is 107 Å². The average Bonchev–Trinajstić information content (AvgIpc) is 2.47. The Kier molecular flexibility index (Phi) is 5.13. The molecule has 0 bridgehead atoms. The molecule has 21 heavy (non-hydrogen) atoms. The second kappa shape index (κ2) is 7.05. The van der Waals surface area contributed by atoms with Crippen molar-refractivity contribution in [2.75, 3.05) is 26.3 Å². The number of nitrogens with two attached hydrogens (primary N) is 2. The third-order valence-electron chi connectivity index (χ3n) is 2.82. The average molecular weight is 310 g/mol. The van der Waals surface area contributed by atoms with E-state index in [2.05, 4.69) is 9.98 Å². The van der Waals surface area contributed by atoms with Crippen LogP contribution in [0.25, 0.3) is 6.08 Å². The molecule has 4 N–H and O–H groups in total. The van der Waals surface area contributed by atoms with Crippen molar-refractivity contribution >= 4 is 35.4 Å². The normalized spacial score (nSPS) is 15.2. The first-order valence-corrected chi connectivity index (χ1v) is 6.74. The van der Waals surface area contributed by atoms with E-state index in [1.807, 2.05) is 0 Å². The number of ether oxygens (including phenoxy) is 1. The van der Waals surface area contributed by atoms with E-state index in [0.717, 1.165) is 0 Å². The van der Waals surface area contributed by atoms with Gasteiger partial charge in [0.2, 0.25) is 5.91 Å². The Morgan fingerprint density at radius 3 is 2.81 bits per heavy atom. The van der Waals surface area contributed by atoms with Gasteiger partial charge in [0.25, 0.3) is 0 Å². The summed E-state index contributed by atoms with van der Waals surface area (Å²) < 4.78 is 5.20. The lowest BCUT2D eigenvalue weighted by Gasteiger charge is -2.25. The molecule has 7 nitrogen and oxygen atoms in total. The van der Waals surface area contributed by atoms with Crippen LogP contribution in [0.1, 0.15) is 5.56 Å². The van der Waals surface area contributed by atoms with Gasteiger partial charge in [-0.15, -0.1) is 0 Å². The Morgan fingerprint density at radius 2 is 2.14 bits per heavy atom. The Hall–Kier alpha value is -2.12. The van der Waals surface area contributed by atoms with Crippen LogP contribution in [0, 0.1) is 0 Å². The summed E-state index contributed by atoms with van der Waals surface area (Å²) in [6, 6.07) is 1.64. The summed E-state index contributed by atoms with van der Waals surface area (Å²) in [5, 5.41) is 0.433. The number of halogens is 1. The molecule has 2 rings (SSSR count). The van der Waals surface area contributed by atoms with Crippen molar-refractivity contribution in [3.63, 3.8) is 0 Å². The van der Waals surface area contributed by atoms with Crippen molar-refractivity contribution in [1.82, 2.24) is 9.88 Å². The minimum atomic E-state index is -0.112. The van der Waals surface area contributed by atoms with Crippen LogP contribution >= 0.6 is 11.6 Å². The van der Waals surface area contributed by atoms with Gasteiger partial charge in [-0.1, -0.05) is 11.6 Å².